The lowest BCUT2D eigenvalue weighted by Gasteiger charge is -2.35. The predicted octanol–water partition coefficient (Wildman–Crippen LogP) is 2.52. The average molecular weight is 329 g/mol. The molecule has 5 nitrogen and oxygen atoms in total. The third-order valence-electron chi connectivity index (χ3n) is 5.35. The van der Waals surface area contributed by atoms with Gasteiger partial charge < -0.3 is 15.5 Å². The number of hydrogen-bond acceptors (Lipinski definition) is 3. The number of benzene rings is 1. The summed E-state index contributed by atoms with van der Waals surface area (Å²) in [5.41, 5.74) is 6.96. The Morgan fingerprint density at radius 1 is 1.00 bits per heavy atom. The second-order valence-electron chi connectivity index (χ2n) is 6.95. The van der Waals surface area contributed by atoms with Gasteiger partial charge in [-0.05, 0) is 24.5 Å². The Bertz CT molecular complexity index is 588. The Kier molecular flexibility index (Phi) is 5.38. The van der Waals surface area contributed by atoms with E-state index >= 15 is 0 Å². The predicted molar refractivity (Wildman–Crippen MR) is 94.5 cm³/mol. The molecule has 130 valence electrons. The lowest BCUT2D eigenvalue weighted by Crippen LogP contribution is -2.50. The monoisotopic (exact) mass is 329 g/mol. The number of rotatable bonds is 4. The van der Waals surface area contributed by atoms with Crippen molar-refractivity contribution in [1.82, 2.24) is 9.80 Å². The maximum absolute atomic E-state index is 12.5. The summed E-state index contributed by atoms with van der Waals surface area (Å²) in [6, 6.07) is 7.16. The molecule has 5 heteroatoms. The Balaban J connectivity index is 1.47. The Morgan fingerprint density at radius 3 is 2.29 bits per heavy atom. The fourth-order valence-corrected chi connectivity index (χ4v) is 3.81. The molecule has 0 atom stereocenters. The van der Waals surface area contributed by atoms with Crippen LogP contribution in [0.5, 0.6) is 0 Å². The molecule has 0 aromatic heterocycles. The maximum Gasteiger partial charge on any atom is 0.256 e. The minimum atomic E-state index is -0.0360. The third kappa shape index (κ3) is 3.89. The van der Waals surface area contributed by atoms with Gasteiger partial charge in [0.15, 0.2) is 0 Å². The van der Waals surface area contributed by atoms with Crippen LogP contribution >= 0.6 is 0 Å². The van der Waals surface area contributed by atoms with Crippen molar-refractivity contribution < 1.29 is 9.59 Å². The molecule has 1 aliphatic heterocycles. The molecule has 1 saturated heterocycles. The molecule has 0 unspecified atom stereocenters. The fraction of sp³-hybridized carbons (Fsp3) is 0.579. The maximum atomic E-state index is 12.5. The Hall–Kier alpha value is -2.04. The van der Waals surface area contributed by atoms with Crippen LogP contribution in [0.3, 0.4) is 0 Å². The normalized spacial score (nSPS) is 18.8. The standard InChI is InChI=1S/C19H27N3O2/c20-17-8-4-3-7-16(17)19(24)22-13-11-21(12-14-22)18(23)10-9-15-5-1-2-6-15/h3-4,7-8,15H,1-2,5-6,9-14,20H2. The van der Waals surface area contributed by atoms with E-state index in [-0.39, 0.29) is 11.8 Å². The third-order valence-corrected chi connectivity index (χ3v) is 5.35. The van der Waals surface area contributed by atoms with Crippen molar-refractivity contribution in [3.8, 4) is 0 Å². The van der Waals surface area contributed by atoms with Crippen LogP contribution in [0.15, 0.2) is 24.3 Å². The number of carbonyl (C=O) groups excluding carboxylic acids is 2. The van der Waals surface area contributed by atoms with Crippen molar-refractivity contribution in [3.63, 3.8) is 0 Å². The molecule has 24 heavy (non-hydrogen) atoms. The first kappa shape index (κ1) is 16.8. The van der Waals surface area contributed by atoms with Crippen LogP contribution in [0.2, 0.25) is 0 Å². The number of amides is 2. The second-order valence-corrected chi connectivity index (χ2v) is 6.95. The zero-order valence-electron chi connectivity index (χ0n) is 14.2. The van der Waals surface area contributed by atoms with Gasteiger partial charge in [0, 0.05) is 38.3 Å². The number of carbonyl (C=O) groups is 2. The molecule has 2 aliphatic rings. The van der Waals surface area contributed by atoms with Crippen LogP contribution in [0.1, 0.15) is 48.9 Å². The zero-order valence-corrected chi connectivity index (χ0v) is 14.2. The number of nitrogen functional groups attached to an aromatic ring is 1. The smallest absolute Gasteiger partial charge is 0.256 e. The van der Waals surface area contributed by atoms with Gasteiger partial charge in [-0.15, -0.1) is 0 Å². The SMILES string of the molecule is Nc1ccccc1C(=O)N1CCN(C(=O)CCC2CCCC2)CC1. The average Bonchev–Trinajstić information content (AvgIpc) is 3.13. The quantitative estimate of drug-likeness (QED) is 0.863. The van der Waals surface area contributed by atoms with Gasteiger partial charge in [-0.25, -0.2) is 0 Å². The summed E-state index contributed by atoms with van der Waals surface area (Å²) in [7, 11) is 0. The van der Waals surface area contributed by atoms with Gasteiger partial charge in [-0.1, -0.05) is 37.8 Å². The van der Waals surface area contributed by atoms with Crippen LogP contribution in [0, 0.1) is 5.92 Å². The summed E-state index contributed by atoms with van der Waals surface area (Å²) < 4.78 is 0. The minimum absolute atomic E-state index is 0.0360. The highest BCUT2D eigenvalue weighted by Gasteiger charge is 2.26. The Morgan fingerprint density at radius 2 is 1.62 bits per heavy atom. The summed E-state index contributed by atoms with van der Waals surface area (Å²) in [5.74, 6) is 0.956. The molecule has 0 spiro atoms. The molecule has 0 radical (unpaired) electrons. The molecule has 2 fully saturated rings. The lowest BCUT2D eigenvalue weighted by atomic mass is 10.0. The van der Waals surface area contributed by atoms with Crippen molar-refractivity contribution in [3.05, 3.63) is 29.8 Å². The van der Waals surface area contributed by atoms with Crippen molar-refractivity contribution in [2.75, 3.05) is 31.9 Å². The highest BCUT2D eigenvalue weighted by atomic mass is 16.2. The number of hydrogen-bond donors (Lipinski definition) is 1. The van der Waals surface area contributed by atoms with Gasteiger partial charge in [-0.2, -0.15) is 0 Å². The van der Waals surface area contributed by atoms with Crippen LogP contribution in [-0.2, 0) is 4.79 Å². The van der Waals surface area contributed by atoms with Gasteiger partial charge in [-0.3, -0.25) is 9.59 Å². The fourth-order valence-electron chi connectivity index (χ4n) is 3.81. The molecule has 1 heterocycles. The first-order valence-electron chi connectivity index (χ1n) is 9.06. The van der Waals surface area contributed by atoms with Gasteiger partial charge in [0.05, 0.1) is 5.56 Å². The highest BCUT2D eigenvalue weighted by Crippen LogP contribution is 2.28. The van der Waals surface area contributed by atoms with E-state index in [0.717, 1.165) is 12.3 Å². The molecule has 1 aliphatic carbocycles. The summed E-state index contributed by atoms with van der Waals surface area (Å²) in [6.45, 7) is 2.43. The largest absolute Gasteiger partial charge is 0.398 e. The second kappa shape index (κ2) is 7.69. The van der Waals surface area contributed by atoms with E-state index in [4.69, 9.17) is 5.73 Å². The van der Waals surface area contributed by atoms with Crippen LogP contribution in [0.4, 0.5) is 5.69 Å². The minimum Gasteiger partial charge on any atom is -0.398 e. The number of anilines is 1. The number of nitrogens with two attached hydrogens (primary N) is 1. The number of nitrogens with zero attached hydrogens (tertiary/aromatic N) is 2. The van der Waals surface area contributed by atoms with Crippen LogP contribution in [0.25, 0.3) is 0 Å². The summed E-state index contributed by atoms with van der Waals surface area (Å²) in [4.78, 5) is 28.6. The Labute approximate surface area is 143 Å². The van der Waals surface area contributed by atoms with Crippen molar-refractivity contribution >= 4 is 17.5 Å². The van der Waals surface area contributed by atoms with Crippen molar-refractivity contribution in [1.29, 1.82) is 0 Å². The van der Waals surface area contributed by atoms with Crippen molar-refractivity contribution in [2.45, 2.75) is 38.5 Å². The number of piperazine rings is 1. The summed E-state index contributed by atoms with van der Waals surface area (Å²) >= 11 is 0. The molecule has 0 bridgehead atoms. The van der Waals surface area contributed by atoms with E-state index < -0.39 is 0 Å². The zero-order chi connectivity index (χ0) is 16.9. The van der Waals surface area contributed by atoms with E-state index in [1.807, 2.05) is 17.0 Å². The molecule has 2 N–H and O–H groups in total. The van der Waals surface area contributed by atoms with Gasteiger partial charge in [0.2, 0.25) is 5.91 Å². The van der Waals surface area contributed by atoms with E-state index in [0.29, 0.717) is 43.9 Å². The van der Waals surface area contributed by atoms with E-state index in [9.17, 15) is 9.59 Å². The first-order chi connectivity index (χ1) is 11.6. The van der Waals surface area contributed by atoms with Crippen molar-refractivity contribution in [2.24, 2.45) is 5.92 Å². The van der Waals surface area contributed by atoms with E-state index in [1.54, 1.807) is 17.0 Å². The molecule has 2 amide bonds. The molecule has 3 rings (SSSR count). The van der Waals surface area contributed by atoms with Gasteiger partial charge >= 0.3 is 0 Å². The van der Waals surface area contributed by atoms with Crippen LogP contribution in [-0.4, -0.2) is 47.8 Å². The topological polar surface area (TPSA) is 66.6 Å². The molecule has 1 saturated carbocycles. The van der Waals surface area contributed by atoms with Gasteiger partial charge in [0.25, 0.3) is 5.91 Å². The molecule has 1 aromatic carbocycles. The summed E-state index contributed by atoms with van der Waals surface area (Å²) in [6.07, 6.45) is 6.90. The number of para-hydroxylation sites is 1. The lowest BCUT2D eigenvalue weighted by molar-refractivity contribution is -0.133. The van der Waals surface area contributed by atoms with E-state index in [2.05, 4.69) is 0 Å². The highest BCUT2D eigenvalue weighted by molar-refractivity contribution is 5.99. The van der Waals surface area contributed by atoms with Gasteiger partial charge in [0.1, 0.15) is 0 Å². The molecular formula is C19H27N3O2. The molecular weight excluding hydrogens is 302 g/mol. The first-order valence-corrected chi connectivity index (χ1v) is 9.06. The van der Waals surface area contributed by atoms with E-state index in [1.165, 1.54) is 25.7 Å². The molecule has 1 aromatic rings. The summed E-state index contributed by atoms with van der Waals surface area (Å²) in [5, 5.41) is 0. The van der Waals surface area contributed by atoms with Crippen LogP contribution < -0.4 is 5.73 Å².